The van der Waals surface area contributed by atoms with Gasteiger partial charge in [-0.3, -0.25) is 4.79 Å². The third-order valence-corrected chi connectivity index (χ3v) is 5.16. The Hall–Kier alpha value is -0.610. The number of hydrogen-bond donors (Lipinski definition) is 2. The van der Waals surface area contributed by atoms with Gasteiger partial charge in [0.05, 0.1) is 0 Å². The summed E-state index contributed by atoms with van der Waals surface area (Å²) in [5.41, 5.74) is 5.70. The smallest absolute Gasteiger partial charge is 0.223 e. The van der Waals surface area contributed by atoms with Crippen molar-refractivity contribution in [3.8, 4) is 0 Å². The Morgan fingerprint density at radius 2 is 1.90 bits per heavy atom. The van der Waals surface area contributed by atoms with Gasteiger partial charge in [0, 0.05) is 25.0 Å². The molecule has 2 aliphatic rings. The highest BCUT2D eigenvalue weighted by Crippen LogP contribution is 2.28. The molecule has 0 spiro atoms. The number of amides is 1. The minimum Gasteiger partial charge on any atom is -0.356 e. The number of hydrogen-bond acceptors (Lipinski definition) is 3. The van der Waals surface area contributed by atoms with Crippen LogP contribution in [0, 0.1) is 17.8 Å². The van der Waals surface area contributed by atoms with E-state index in [2.05, 4.69) is 24.1 Å². The SMILES string of the molecule is CC(C)N1CCC(CNC(=O)C2CCC(CN)CC2)C1. The van der Waals surface area contributed by atoms with E-state index in [0.29, 0.717) is 17.9 Å². The van der Waals surface area contributed by atoms with Gasteiger partial charge in [0.1, 0.15) is 0 Å². The zero-order valence-electron chi connectivity index (χ0n) is 13.1. The van der Waals surface area contributed by atoms with Gasteiger partial charge in [0.25, 0.3) is 0 Å². The normalized spacial score (nSPS) is 31.7. The van der Waals surface area contributed by atoms with E-state index in [0.717, 1.165) is 45.3 Å². The Morgan fingerprint density at radius 1 is 1.20 bits per heavy atom. The molecule has 1 saturated carbocycles. The van der Waals surface area contributed by atoms with Gasteiger partial charge >= 0.3 is 0 Å². The van der Waals surface area contributed by atoms with Crippen molar-refractivity contribution in [1.29, 1.82) is 0 Å². The van der Waals surface area contributed by atoms with E-state index in [1.807, 2.05) is 0 Å². The number of carbonyl (C=O) groups excluding carboxylic acids is 1. The van der Waals surface area contributed by atoms with Crippen LogP contribution in [0.5, 0.6) is 0 Å². The fourth-order valence-electron chi connectivity index (χ4n) is 3.55. The summed E-state index contributed by atoms with van der Waals surface area (Å²) in [5, 5.41) is 3.19. The molecule has 2 rings (SSSR count). The molecule has 3 N–H and O–H groups in total. The summed E-state index contributed by atoms with van der Waals surface area (Å²) in [4.78, 5) is 14.7. The van der Waals surface area contributed by atoms with Gasteiger partial charge in [-0.1, -0.05) is 0 Å². The molecule has 1 aliphatic carbocycles. The van der Waals surface area contributed by atoms with Crippen molar-refractivity contribution >= 4 is 5.91 Å². The molecule has 1 heterocycles. The summed E-state index contributed by atoms with van der Waals surface area (Å²) in [6.45, 7) is 8.45. The lowest BCUT2D eigenvalue weighted by atomic mass is 9.81. The van der Waals surface area contributed by atoms with E-state index in [4.69, 9.17) is 5.73 Å². The second kappa shape index (κ2) is 7.41. The molecule has 4 heteroatoms. The van der Waals surface area contributed by atoms with Gasteiger partial charge in [-0.2, -0.15) is 0 Å². The van der Waals surface area contributed by atoms with Crippen LogP contribution >= 0.6 is 0 Å². The van der Waals surface area contributed by atoms with Gasteiger partial charge < -0.3 is 16.0 Å². The fourth-order valence-corrected chi connectivity index (χ4v) is 3.55. The number of likely N-dealkylation sites (tertiary alicyclic amines) is 1. The molecule has 4 nitrogen and oxygen atoms in total. The van der Waals surface area contributed by atoms with Crippen LogP contribution in [0.15, 0.2) is 0 Å². The fraction of sp³-hybridized carbons (Fsp3) is 0.938. The van der Waals surface area contributed by atoms with Crippen molar-refractivity contribution in [2.45, 2.75) is 52.0 Å². The van der Waals surface area contributed by atoms with Crippen molar-refractivity contribution in [3.05, 3.63) is 0 Å². The molecule has 0 aromatic rings. The maximum Gasteiger partial charge on any atom is 0.223 e. The zero-order valence-corrected chi connectivity index (χ0v) is 13.1. The molecular weight excluding hydrogens is 250 g/mol. The molecule has 1 saturated heterocycles. The van der Waals surface area contributed by atoms with Crippen molar-refractivity contribution in [2.75, 3.05) is 26.2 Å². The predicted molar refractivity (Wildman–Crippen MR) is 82.3 cm³/mol. The van der Waals surface area contributed by atoms with Crippen LogP contribution in [-0.4, -0.2) is 43.0 Å². The Bertz CT molecular complexity index is 311. The number of nitrogens with zero attached hydrogens (tertiary/aromatic N) is 1. The zero-order chi connectivity index (χ0) is 14.5. The Balaban J connectivity index is 1.66. The first-order chi connectivity index (χ1) is 9.60. The monoisotopic (exact) mass is 281 g/mol. The first kappa shape index (κ1) is 15.8. The molecule has 1 atom stereocenters. The van der Waals surface area contributed by atoms with Crippen molar-refractivity contribution in [3.63, 3.8) is 0 Å². The molecular formula is C16H31N3O. The van der Waals surface area contributed by atoms with Crippen LogP contribution in [0.2, 0.25) is 0 Å². The van der Waals surface area contributed by atoms with Crippen molar-refractivity contribution in [2.24, 2.45) is 23.5 Å². The average Bonchev–Trinajstić information content (AvgIpc) is 2.94. The van der Waals surface area contributed by atoms with Gasteiger partial charge in [0.15, 0.2) is 0 Å². The highest BCUT2D eigenvalue weighted by molar-refractivity contribution is 5.78. The van der Waals surface area contributed by atoms with Crippen LogP contribution in [0.4, 0.5) is 0 Å². The number of nitrogens with two attached hydrogens (primary N) is 1. The summed E-state index contributed by atoms with van der Waals surface area (Å²) in [7, 11) is 0. The summed E-state index contributed by atoms with van der Waals surface area (Å²) in [5.74, 6) is 1.80. The van der Waals surface area contributed by atoms with E-state index in [9.17, 15) is 4.79 Å². The van der Waals surface area contributed by atoms with Gasteiger partial charge in [0.2, 0.25) is 5.91 Å². The molecule has 1 amide bonds. The van der Waals surface area contributed by atoms with Gasteiger partial charge in [-0.05, 0) is 70.9 Å². The van der Waals surface area contributed by atoms with Crippen molar-refractivity contribution < 1.29 is 4.79 Å². The van der Waals surface area contributed by atoms with Gasteiger partial charge in [-0.25, -0.2) is 0 Å². The highest BCUT2D eigenvalue weighted by Gasteiger charge is 2.28. The summed E-state index contributed by atoms with van der Waals surface area (Å²) >= 11 is 0. The molecule has 116 valence electrons. The number of carbonyl (C=O) groups is 1. The molecule has 1 aliphatic heterocycles. The van der Waals surface area contributed by atoms with Gasteiger partial charge in [-0.15, -0.1) is 0 Å². The van der Waals surface area contributed by atoms with Crippen LogP contribution in [0.3, 0.4) is 0 Å². The minimum absolute atomic E-state index is 0.236. The summed E-state index contributed by atoms with van der Waals surface area (Å²) in [6, 6.07) is 0.627. The standard InChI is InChI=1S/C16H31N3O/c1-12(2)19-8-7-14(11-19)10-18-16(20)15-5-3-13(9-17)4-6-15/h12-15H,3-11,17H2,1-2H3,(H,18,20). The Morgan fingerprint density at radius 3 is 2.45 bits per heavy atom. The van der Waals surface area contributed by atoms with Crippen LogP contribution in [0.1, 0.15) is 46.0 Å². The minimum atomic E-state index is 0.236. The maximum absolute atomic E-state index is 12.2. The van der Waals surface area contributed by atoms with E-state index < -0.39 is 0 Å². The third kappa shape index (κ3) is 4.19. The quantitative estimate of drug-likeness (QED) is 0.805. The average molecular weight is 281 g/mol. The van der Waals surface area contributed by atoms with Crippen LogP contribution < -0.4 is 11.1 Å². The molecule has 0 bridgehead atoms. The Labute approximate surface area is 123 Å². The lowest BCUT2D eigenvalue weighted by Crippen LogP contribution is -2.37. The second-order valence-electron chi connectivity index (χ2n) is 6.94. The molecule has 1 unspecified atom stereocenters. The van der Waals surface area contributed by atoms with Crippen molar-refractivity contribution in [1.82, 2.24) is 10.2 Å². The van der Waals surface area contributed by atoms with Crippen LogP contribution in [-0.2, 0) is 4.79 Å². The lowest BCUT2D eigenvalue weighted by Gasteiger charge is -2.27. The van der Waals surface area contributed by atoms with E-state index >= 15 is 0 Å². The maximum atomic E-state index is 12.2. The third-order valence-electron chi connectivity index (χ3n) is 5.16. The summed E-state index contributed by atoms with van der Waals surface area (Å²) in [6.07, 6.45) is 5.52. The largest absolute Gasteiger partial charge is 0.356 e. The van der Waals surface area contributed by atoms with E-state index in [-0.39, 0.29) is 11.8 Å². The Kier molecular flexibility index (Phi) is 5.85. The molecule has 0 aromatic carbocycles. The predicted octanol–water partition coefficient (Wildman–Crippen LogP) is 1.60. The molecule has 0 radical (unpaired) electrons. The topological polar surface area (TPSA) is 58.4 Å². The highest BCUT2D eigenvalue weighted by atomic mass is 16.1. The summed E-state index contributed by atoms with van der Waals surface area (Å²) < 4.78 is 0. The van der Waals surface area contributed by atoms with E-state index in [1.54, 1.807) is 0 Å². The number of rotatable bonds is 5. The lowest BCUT2D eigenvalue weighted by molar-refractivity contribution is -0.126. The molecule has 0 aromatic heterocycles. The molecule has 2 fully saturated rings. The van der Waals surface area contributed by atoms with Crippen LogP contribution in [0.25, 0.3) is 0 Å². The number of nitrogens with one attached hydrogen (secondary N) is 1. The van der Waals surface area contributed by atoms with E-state index in [1.165, 1.54) is 13.0 Å². The molecule has 20 heavy (non-hydrogen) atoms. The first-order valence-electron chi connectivity index (χ1n) is 8.32. The second-order valence-corrected chi connectivity index (χ2v) is 6.94. The first-order valence-corrected chi connectivity index (χ1v) is 8.32.